The molecule has 4 rings (SSSR count). The lowest BCUT2D eigenvalue weighted by Crippen LogP contribution is -2.38. The van der Waals surface area contributed by atoms with Crippen molar-refractivity contribution in [3.8, 4) is 23.2 Å². The van der Waals surface area contributed by atoms with Crippen LogP contribution in [0.3, 0.4) is 0 Å². The summed E-state index contributed by atoms with van der Waals surface area (Å²) in [6.07, 6.45) is 7.83. The van der Waals surface area contributed by atoms with Crippen LogP contribution in [0.1, 0.15) is 104 Å². The van der Waals surface area contributed by atoms with E-state index in [1.807, 2.05) is 40.7 Å². The van der Waals surface area contributed by atoms with Gasteiger partial charge in [-0.15, -0.1) is 0 Å². The molecule has 0 saturated heterocycles. The summed E-state index contributed by atoms with van der Waals surface area (Å²) in [7, 11) is 6.28. The molecule has 0 fully saturated rings. The summed E-state index contributed by atoms with van der Waals surface area (Å²) < 4.78 is 40.5. The first-order chi connectivity index (χ1) is 30.0. The number of amides is 1. The first-order valence-corrected chi connectivity index (χ1v) is 21.7. The van der Waals surface area contributed by atoms with Crippen LogP contribution in [0, 0.1) is 35.5 Å². The normalized spacial score (nSPS) is 27.3. The van der Waals surface area contributed by atoms with Gasteiger partial charge in [0.15, 0.2) is 11.4 Å². The van der Waals surface area contributed by atoms with Gasteiger partial charge in [-0.1, -0.05) is 53.7 Å². The highest BCUT2D eigenvalue weighted by atomic mass is 16.5. The number of ether oxygens (including phenoxy) is 4. The average Bonchev–Trinajstić information content (AvgIpc) is 4.05. The minimum atomic E-state index is -1.06. The number of fused-ring (bicyclic) bond motifs is 8. The zero-order valence-electron chi connectivity index (χ0n) is 38.3. The van der Waals surface area contributed by atoms with Gasteiger partial charge < -0.3 is 52.4 Å². The monoisotopic (exact) mass is 884 g/mol. The quantitative estimate of drug-likeness (QED) is 0.110. The van der Waals surface area contributed by atoms with E-state index in [0.717, 1.165) is 0 Å². The third-order valence-electron chi connectivity index (χ3n) is 12.3. The molecule has 0 saturated carbocycles. The van der Waals surface area contributed by atoms with E-state index in [1.54, 1.807) is 46.5 Å². The third-order valence-corrected chi connectivity index (χ3v) is 12.3. The summed E-state index contributed by atoms with van der Waals surface area (Å²) in [5.41, 5.74) is 1.09. The van der Waals surface area contributed by atoms with Crippen LogP contribution in [0.25, 0.3) is 29.2 Å². The predicted molar refractivity (Wildman–Crippen MR) is 231 cm³/mol. The molecule has 350 valence electrons. The second-order valence-electron chi connectivity index (χ2n) is 17.2. The van der Waals surface area contributed by atoms with Crippen LogP contribution in [-0.2, 0) is 33.3 Å². The Morgan fingerprint density at radius 3 is 2.29 bits per heavy atom. The molecule has 3 aromatic heterocycles. The molecule has 6 bridgehead atoms. The number of hydrogen-bond acceptors (Lipinski definition) is 16. The Labute approximate surface area is 370 Å². The van der Waals surface area contributed by atoms with Crippen molar-refractivity contribution in [2.75, 3.05) is 28.4 Å². The highest BCUT2D eigenvalue weighted by Crippen LogP contribution is 2.34. The first-order valence-electron chi connectivity index (χ1n) is 21.7. The first kappa shape index (κ1) is 51.1. The Morgan fingerprint density at radius 2 is 1.60 bits per heavy atom. The molecular weight excluding hydrogens is 817 g/mol. The number of cyclic esters (lactones) is 1. The van der Waals surface area contributed by atoms with Gasteiger partial charge in [-0.05, 0) is 43.6 Å². The Hall–Kier alpha value is -4.52. The third kappa shape index (κ3) is 14.5. The average molecular weight is 885 g/mol. The summed E-state index contributed by atoms with van der Waals surface area (Å²) in [6.45, 7) is 11.2. The second kappa shape index (κ2) is 24.5. The summed E-state index contributed by atoms with van der Waals surface area (Å²) in [5.74, 6) is -1.94. The predicted octanol–water partition coefficient (Wildman–Crippen LogP) is 6.44. The molecule has 63 heavy (non-hydrogen) atoms. The number of methoxy groups -OCH3 is 3. The number of rotatable bonds is 15. The van der Waals surface area contributed by atoms with E-state index in [2.05, 4.69) is 15.0 Å². The molecule has 3 aromatic rings. The van der Waals surface area contributed by atoms with E-state index in [9.17, 15) is 29.7 Å². The van der Waals surface area contributed by atoms with Crippen molar-refractivity contribution in [2.24, 2.45) is 35.5 Å². The standard InChI is InChI=1S/C46H68N4O13/c1-26-18-32(52)20-42(56)63-40(21-39(57-8)27(2)14-15-37(54)30(5)43(58-9)28(3)16-17-50(7)25-51)29(4)36(53)12-11-13-41-47-34(23-60-41)45-49-35(24-62-45)46-48-33(22-61-46)44(59-10)31(6)38(55)19-26/h11,13,16-17,22-32,36,38-40,43-44,52-53,55H,12,14-15,18-21H2,1-10H3/b13-11+,17-16+/t26-,27-,28+,29+,30-,31-,32-,36-,38-,39-,40-,43+,44?/m0/s1. The summed E-state index contributed by atoms with van der Waals surface area (Å²) in [6, 6.07) is 0. The number of aliphatic hydroxyl groups is 3. The number of esters is 1. The van der Waals surface area contributed by atoms with E-state index in [4.69, 9.17) is 32.2 Å². The fourth-order valence-electron chi connectivity index (χ4n) is 8.16. The molecule has 1 amide bonds. The summed E-state index contributed by atoms with van der Waals surface area (Å²) in [4.78, 5) is 52.9. The van der Waals surface area contributed by atoms with Gasteiger partial charge in [0.25, 0.3) is 0 Å². The maximum Gasteiger partial charge on any atom is 0.308 e. The number of oxazole rings is 3. The highest BCUT2D eigenvalue weighted by molar-refractivity contribution is 5.81. The number of nitrogens with zero attached hydrogens (tertiary/aromatic N) is 4. The van der Waals surface area contributed by atoms with Crippen molar-refractivity contribution < 1.29 is 61.9 Å². The van der Waals surface area contributed by atoms with Crippen molar-refractivity contribution in [3.63, 3.8) is 0 Å². The van der Waals surface area contributed by atoms with Crippen molar-refractivity contribution >= 4 is 24.2 Å². The largest absolute Gasteiger partial charge is 0.462 e. The van der Waals surface area contributed by atoms with Crippen LogP contribution < -0.4 is 0 Å². The van der Waals surface area contributed by atoms with Crippen molar-refractivity contribution in [1.29, 1.82) is 0 Å². The van der Waals surface area contributed by atoms with Gasteiger partial charge in [-0.3, -0.25) is 14.4 Å². The number of Topliss-reactive ketones (excluding diaryl/α,β-unsaturated/α-hetero) is 1. The van der Waals surface area contributed by atoms with E-state index >= 15 is 0 Å². The molecule has 3 N–H and O–H groups in total. The molecule has 0 spiro atoms. The second-order valence-corrected chi connectivity index (χ2v) is 17.2. The van der Waals surface area contributed by atoms with Crippen LogP contribution in [-0.4, -0.2) is 118 Å². The number of carbonyl (C=O) groups is 3. The Balaban J connectivity index is 1.52. The minimum absolute atomic E-state index is 0.0189. The van der Waals surface area contributed by atoms with E-state index in [1.165, 1.54) is 30.8 Å². The van der Waals surface area contributed by atoms with Crippen molar-refractivity contribution in [2.45, 2.75) is 129 Å². The van der Waals surface area contributed by atoms with Crippen LogP contribution in [0.2, 0.25) is 0 Å². The Bertz CT molecular complexity index is 1920. The van der Waals surface area contributed by atoms with Crippen molar-refractivity contribution in [3.05, 3.63) is 48.7 Å². The van der Waals surface area contributed by atoms with Crippen LogP contribution in [0.15, 0.2) is 50.4 Å². The number of aromatic nitrogens is 3. The summed E-state index contributed by atoms with van der Waals surface area (Å²) >= 11 is 0. The van der Waals surface area contributed by atoms with E-state index in [-0.39, 0.29) is 73.3 Å². The molecule has 17 nitrogen and oxygen atoms in total. The fraction of sp³-hybridized carbons (Fsp3) is 0.652. The van der Waals surface area contributed by atoms with Gasteiger partial charge in [-0.25, -0.2) is 15.0 Å². The smallest absolute Gasteiger partial charge is 0.308 e. The molecule has 0 aromatic carbocycles. The maximum absolute atomic E-state index is 13.5. The molecular formula is C46H68N4O13. The zero-order valence-corrected chi connectivity index (χ0v) is 38.3. The Morgan fingerprint density at radius 1 is 0.921 bits per heavy atom. The maximum atomic E-state index is 13.5. The van der Waals surface area contributed by atoms with E-state index < -0.39 is 66.5 Å². The van der Waals surface area contributed by atoms with Gasteiger partial charge >= 0.3 is 5.97 Å². The number of aliphatic hydroxyl groups excluding tert-OH is 3. The van der Waals surface area contributed by atoms with E-state index in [0.29, 0.717) is 36.3 Å². The molecule has 0 aliphatic carbocycles. The zero-order chi connectivity index (χ0) is 46.4. The minimum Gasteiger partial charge on any atom is -0.462 e. The lowest BCUT2D eigenvalue weighted by molar-refractivity contribution is -0.159. The van der Waals surface area contributed by atoms with Crippen LogP contribution in [0.4, 0.5) is 0 Å². The Kier molecular flexibility index (Phi) is 19.9. The van der Waals surface area contributed by atoms with Gasteiger partial charge in [0.2, 0.25) is 24.1 Å². The van der Waals surface area contributed by atoms with Gasteiger partial charge in [-0.2, -0.15) is 0 Å². The highest BCUT2D eigenvalue weighted by Gasteiger charge is 2.35. The molecule has 17 heteroatoms. The van der Waals surface area contributed by atoms with Crippen molar-refractivity contribution in [1.82, 2.24) is 19.9 Å². The van der Waals surface area contributed by atoms with Crippen LogP contribution in [0.5, 0.6) is 0 Å². The fourth-order valence-corrected chi connectivity index (χ4v) is 8.16. The molecule has 1 aliphatic heterocycles. The molecule has 1 aliphatic rings. The lowest BCUT2D eigenvalue weighted by atomic mass is 9.84. The molecule has 4 heterocycles. The summed E-state index contributed by atoms with van der Waals surface area (Å²) in [5, 5.41) is 33.8. The lowest BCUT2D eigenvalue weighted by Gasteiger charge is -2.33. The SMILES string of the molecule is COC1c2coc(n2)-c2coc(n2)-c2coc(n2)/C=C/C[C@H](O)[C@@H](C)[C@H](C[C@H](OC)[C@@H](C)CCC(=O)[C@H](C)[C@H](OC)[C@H](C)/C=C/N(C)C=O)OC(=O)C[C@@H](O)C[C@H](C)C[C@H](O)[C@@H]1C. The molecule has 13 atom stereocenters. The van der Waals surface area contributed by atoms with Gasteiger partial charge in [0, 0.05) is 71.1 Å². The number of ketones is 1. The number of carbonyl (C=O) groups excluding carboxylic acids is 3. The van der Waals surface area contributed by atoms with Gasteiger partial charge in [0.1, 0.15) is 42.5 Å². The topological polar surface area (TPSA) is 230 Å². The number of hydrogen-bond donors (Lipinski definition) is 3. The molecule has 0 radical (unpaired) electrons. The van der Waals surface area contributed by atoms with Crippen LogP contribution >= 0.6 is 0 Å². The molecule has 1 unspecified atom stereocenters. The van der Waals surface area contributed by atoms with Gasteiger partial charge in [0.05, 0.1) is 36.9 Å².